The molecule has 2 rings (SSSR count). The number of Topliss-reactive ketones (excluding diaryl/α,β-unsaturated/α-hetero) is 1. The van der Waals surface area contributed by atoms with Crippen molar-refractivity contribution in [2.75, 3.05) is 0 Å². The average molecular weight is 462 g/mol. The van der Waals surface area contributed by atoms with Crippen molar-refractivity contribution < 1.29 is 37.8 Å². The normalized spacial score (nSPS) is 12.1. The van der Waals surface area contributed by atoms with Gasteiger partial charge in [0.05, 0.1) is 22.9 Å². The molecule has 1 atom stereocenters. The van der Waals surface area contributed by atoms with Crippen LogP contribution < -0.4 is 10.0 Å². The van der Waals surface area contributed by atoms with Crippen LogP contribution in [0.2, 0.25) is 0 Å². The molecule has 11 heteroatoms. The number of carbonyl (C=O) groups is 4. The van der Waals surface area contributed by atoms with Gasteiger partial charge in [-0.3, -0.25) is 14.4 Å². The molecule has 0 aliphatic heterocycles. The third-order valence-corrected chi connectivity index (χ3v) is 6.01. The Balaban J connectivity index is 2.07. The summed E-state index contributed by atoms with van der Waals surface area (Å²) in [6, 6.07) is 8.44. The number of benzene rings is 2. The lowest BCUT2D eigenvalue weighted by molar-refractivity contribution is -0.139. The van der Waals surface area contributed by atoms with Gasteiger partial charge in [0.2, 0.25) is 10.0 Å². The lowest BCUT2D eigenvalue weighted by atomic mass is 10.1. The smallest absolute Gasteiger partial charge is 0.335 e. The van der Waals surface area contributed by atoms with Crippen molar-refractivity contribution in [2.24, 2.45) is 0 Å². The Hall–Kier alpha value is -3.57. The van der Waals surface area contributed by atoms with Gasteiger partial charge < -0.3 is 15.5 Å². The SMILES string of the molecule is CC(=O)[C@H](CC(=O)O)NC(=O)c1ccc(CNS(=O)(=O)c2ccc(C)c(C(=O)O)c2)cc1. The fourth-order valence-corrected chi connectivity index (χ4v) is 3.79. The molecule has 0 heterocycles. The van der Waals surface area contributed by atoms with Gasteiger partial charge in [0.15, 0.2) is 5.78 Å². The first-order valence-corrected chi connectivity index (χ1v) is 10.8. The Bertz CT molecular complexity index is 1160. The maximum absolute atomic E-state index is 12.5. The summed E-state index contributed by atoms with van der Waals surface area (Å²) >= 11 is 0. The van der Waals surface area contributed by atoms with Crippen molar-refractivity contribution in [3.05, 3.63) is 64.7 Å². The molecule has 0 radical (unpaired) electrons. The molecule has 4 N–H and O–H groups in total. The molecule has 10 nitrogen and oxygen atoms in total. The number of carbonyl (C=O) groups excluding carboxylic acids is 2. The van der Waals surface area contributed by atoms with E-state index in [1.54, 1.807) is 6.92 Å². The first-order chi connectivity index (χ1) is 14.9. The van der Waals surface area contributed by atoms with E-state index in [1.807, 2.05) is 0 Å². The number of aromatic carboxylic acids is 1. The molecular weight excluding hydrogens is 440 g/mol. The largest absolute Gasteiger partial charge is 0.481 e. The average Bonchev–Trinajstić information content (AvgIpc) is 2.71. The standard InChI is InChI=1S/C21H22N2O8S/c1-12-3-8-16(9-17(12)21(28)29)32(30,31)22-11-14-4-6-15(7-5-14)20(27)23-18(13(2)24)10-19(25)26/h3-9,18,22H,10-11H2,1-2H3,(H,23,27)(H,25,26)(H,28,29)/t18-/m0/s1. The lowest BCUT2D eigenvalue weighted by Crippen LogP contribution is -2.41. The Morgan fingerprint density at radius 1 is 1.00 bits per heavy atom. The highest BCUT2D eigenvalue weighted by molar-refractivity contribution is 7.89. The van der Waals surface area contributed by atoms with Gasteiger partial charge in [-0.25, -0.2) is 17.9 Å². The summed E-state index contributed by atoms with van der Waals surface area (Å²) in [5.74, 6) is -3.59. The van der Waals surface area contributed by atoms with Gasteiger partial charge in [-0.1, -0.05) is 18.2 Å². The van der Waals surface area contributed by atoms with Gasteiger partial charge in [0.25, 0.3) is 5.91 Å². The molecule has 0 aliphatic rings. The minimum absolute atomic E-state index is 0.115. The Labute approximate surface area is 184 Å². The molecule has 170 valence electrons. The maximum atomic E-state index is 12.5. The van der Waals surface area contributed by atoms with E-state index in [-0.39, 0.29) is 22.6 Å². The highest BCUT2D eigenvalue weighted by atomic mass is 32.2. The van der Waals surface area contributed by atoms with Crippen molar-refractivity contribution >= 4 is 33.7 Å². The molecular formula is C21H22N2O8S. The van der Waals surface area contributed by atoms with Crippen molar-refractivity contribution in [1.29, 1.82) is 0 Å². The molecule has 2 aromatic rings. The number of carboxylic acids is 2. The van der Waals surface area contributed by atoms with Crippen molar-refractivity contribution in [2.45, 2.75) is 37.8 Å². The summed E-state index contributed by atoms with van der Waals surface area (Å²) in [6.45, 7) is 2.62. The molecule has 0 aliphatic carbocycles. The third kappa shape index (κ3) is 6.46. The second-order valence-electron chi connectivity index (χ2n) is 7.04. The van der Waals surface area contributed by atoms with Crippen LogP contribution in [-0.2, 0) is 26.2 Å². The lowest BCUT2D eigenvalue weighted by Gasteiger charge is -2.14. The van der Waals surface area contributed by atoms with Crippen molar-refractivity contribution in [3.63, 3.8) is 0 Å². The summed E-state index contributed by atoms with van der Waals surface area (Å²) in [6.07, 6.45) is -0.538. The fourth-order valence-electron chi connectivity index (χ4n) is 2.75. The van der Waals surface area contributed by atoms with Crippen molar-refractivity contribution in [3.8, 4) is 0 Å². The number of ketones is 1. The highest BCUT2D eigenvalue weighted by Crippen LogP contribution is 2.16. The molecule has 0 fully saturated rings. The van der Waals surface area contributed by atoms with Gasteiger partial charge in [0.1, 0.15) is 0 Å². The van der Waals surface area contributed by atoms with Crippen LogP contribution in [0.15, 0.2) is 47.4 Å². The van der Waals surface area contributed by atoms with Crippen LogP contribution in [0.4, 0.5) is 0 Å². The Morgan fingerprint density at radius 2 is 1.62 bits per heavy atom. The topological polar surface area (TPSA) is 167 Å². The van der Waals surface area contributed by atoms with Crippen LogP contribution in [0.5, 0.6) is 0 Å². The van der Waals surface area contributed by atoms with Crippen LogP contribution in [0.3, 0.4) is 0 Å². The van der Waals surface area contributed by atoms with Crippen LogP contribution in [0.1, 0.15) is 45.2 Å². The van der Waals surface area contributed by atoms with Crippen LogP contribution in [0.25, 0.3) is 0 Å². The molecule has 0 saturated carbocycles. The number of carboxylic acid groups (broad SMARTS) is 2. The van der Waals surface area contributed by atoms with Crippen LogP contribution in [0, 0.1) is 6.92 Å². The highest BCUT2D eigenvalue weighted by Gasteiger charge is 2.21. The Kier molecular flexibility index (Phi) is 7.84. The number of amides is 1. The maximum Gasteiger partial charge on any atom is 0.335 e. The fraction of sp³-hybridized carbons (Fsp3) is 0.238. The number of aliphatic carboxylic acids is 1. The number of hydrogen-bond donors (Lipinski definition) is 4. The number of nitrogens with one attached hydrogen (secondary N) is 2. The first kappa shape index (κ1) is 24.7. The van der Waals surface area contributed by atoms with Gasteiger partial charge >= 0.3 is 11.9 Å². The van der Waals surface area contributed by atoms with E-state index >= 15 is 0 Å². The zero-order chi connectivity index (χ0) is 24.1. The summed E-state index contributed by atoms with van der Waals surface area (Å²) in [5, 5.41) is 20.3. The molecule has 0 unspecified atom stereocenters. The summed E-state index contributed by atoms with van der Waals surface area (Å²) in [4.78, 5) is 45.6. The van der Waals surface area contributed by atoms with Crippen LogP contribution in [-0.4, -0.2) is 48.3 Å². The number of aryl methyl sites for hydroxylation is 1. The van der Waals surface area contributed by atoms with E-state index in [2.05, 4.69) is 10.0 Å². The molecule has 0 bridgehead atoms. The predicted molar refractivity (Wildman–Crippen MR) is 113 cm³/mol. The van der Waals surface area contributed by atoms with E-state index in [1.165, 1.54) is 43.3 Å². The second kappa shape index (κ2) is 10.2. The minimum Gasteiger partial charge on any atom is -0.481 e. The molecule has 0 spiro atoms. The summed E-state index contributed by atoms with van der Waals surface area (Å²) in [7, 11) is -3.98. The molecule has 32 heavy (non-hydrogen) atoms. The monoisotopic (exact) mass is 462 g/mol. The second-order valence-corrected chi connectivity index (χ2v) is 8.80. The predicted octanol–water partition coefficient (Wildman–Crippen LogP) is 1.33. The van der Waals surface area contributed by atoms with Crippen molar-refractivity contribution in [1.82, 2.24) is 10.0 Å². The molecule has 2 aromatic carbocycles. The van der Waals surface area contributed by atoms with E-state index in [9.17, 15) is 27.6 Å². The van der Waals surface area contributed by atoms with Gasteiger partial charge in [-0.2, -0.15) is 0 Å². The molecule has 0 saturated heterocycles. The number of hydrogen-bond acceptors (Lipinski definition) is 6. The zero-order valence-electron chi connectivity index (χ0n) is 17.3. The van der Waals surface area contributed by atoms with Gasteiger partial charge in [0, 0.05) is 12.1 Å². The van der Waals surface area contributed by atoms with Crippen LogP contribution >= 0.6 is 0 Å². The van der Waals surface area contributed by atoms with E-state index < -0.39 is 46.1 Å². The van der Waals surface area contributed by atoms with Gasteiger partial charge in [-0.05, 0) is 49.2 Å². The third-order valence-electron chi connectivity index (χ3n) is 4.61. The number of rotatable bonds is 10. The Morgan fingerprint density at radius 3 is 2.16 bits per heavy atom. The zero-order valence-corrected chi connectivity index (χ0v) is 18.1. The molecule has 0 aromatic heterocycles. The van der Waals surface area contributed by atoms with E-state index in [0.29, 0.717) is 11.1 Å². The van der Waals surface area contributed by atoms with Gasteiger partial charge in [-0.15, -0.1) is 0 Å². The van der Waals surface area contributed by atoms with E-state index in [4.69, 9.17) is 10.2 Å². The summed E-state index contributed by atoms with van der Waals surface area (Å²) in [5.41, 5.74) is 0.998. The quantitative estimate of drug-likeness (QED) is 0.410. The number of sulfonamides is 1. The summed E-state index contributed by atoms with van der Waals surface area (Å²) < 4.78 is 27.3. The van der Waals surface area contributed by atoms with E-state index in [0.717, 1.165) is 6.07 Å². The minimum atomic E-state index is -3.98. The first-order valence-electron chi connectivity index (χ1n) is 9.36. The molecule has 1 amide bonds.